The highest BCUT2D eigenvalue weighted by molar-refractivity contribution is 5.96. The van der Waals surface area contributed by atoms with E-state index in [0.29, 0.717) is 5.76 Å². The van der Waals surface area contributed by atoms with Gasteiger partial charge >= 0.3 is 5.97 Å². The van der Waals surface area contributed by atoms with Gasteiger partial charge in [0.05, 0.1) is 18.5 Å². The van der Waals surface area contributed by atoms with Crippen LogP contribution in [0.5, 0.6) is 0 Å². The van der Waals surface area contributed by atoms with E-state index in [2.05, 4.69) is 15.6 Å². The zero-order valence-electron chi connectivity index (χ0n) is 14.1. The lowest BCUT2D eigenvalue weighted by Crippen LogP contribution is -2.28. The summed E-state index contributed by atoms with van der Waals surface area (Å²) in [6.07, 6.45) is 2.95. The second kappa shape index (κ2) is 8.61. The number of hydrogen-bond acceptors (Lipinski definition) is 6. The van der Waals surface area contributed by atoms with Gasteiger partial charge in [-0.3, -0.25) is 4.79 Å². The van der Waals surface area contributed by atoms with Crippen LogP contribution < -0.4 is 10.6 Å². The Labute approximate surface area is 154 Å². The molecule has 0 spiro atoms. The topological polar surface area (TPSA) is 93.5 Å². The van der Waals surface area contributed by atoms with Crippen LogP contribution in [-0.4, -0.2) is 23.5 Å². The Bertz CT molecular complexity index is 928. The molecule has 0 atom stereocenters. The van der Waals surface area contributed by atoms with E-state index in [1.165, 1.54) is 30.7 Å². The zero-order chi connectivity index (χ0) is 19.1. The van der Waals surface area contributed by atoms with Crippen molar-refractivity contribution >= 4 is 23.4 Å². The summed E-state index contributed by atoms with van der Waals surface area (Å²) >= 11 is 0. The van der Waals surface area contributed by atoms with Crippen LogP contribution >= 0.6 is 0 Å². The molecule has 7 nitrogen and oxygen atoms in total. The van der Waals surface area contributed by atoms with Crippen molar-refractivity contribution in [2.45, 2.75) is 6.54 Å². The molecule has 2 heterocycles. The van der Waals surface area contributed by atoms with E-state index in [9.17, 15) is 14.0 Å². The van der Waals surface area contributed by atoms with Crippen LogP contribution in [0.15, 0.2) is 65.4 Å². The fourth-order valence-corrected chi connectivity index (χ4v) is 2.22. The third-order valence-corrected chi connectivity index (χ3v) is 3.53. The zero-order valence-corrected chi connectivity index (χ0v) is 14.1. The van der Waals surface area contributed by atoms with Crippen molar-refractivity contribution in [3.8, 4) is 0 Å². The molecule has 2 aromatic heterocycles. The first-order valence-corrected chi connectivity index (χ1v) is 8.06. The molecule has 0 aliphatic heterocycles. The molecule has 0 bridgehead atoms. The number of rotatable bonds is 7. The highest BCUT2D eigenvalue weighted by Gasteiger charge is 2.16. The van der Waals surface area contributed by atoms with Crippen molar-refractivity contribution < 1.29 is 23.1 Å². The number of anilines is 2. The van der Waals surface area contributed by atoms with Crippen molar-refractivity contribution in [1.29, 1.82) is 0 Å². The Morgan fingerprint density at radius 3 is 2.74 bits per heavy atom. The predicted molar refractivity (Wildman–Crippen MR) is 94.8 cm³/mol. The van der Waals surface area contributed by atoms with Crippen LogP contribution in [-0.2, 0) is 16.1 Å². The normalized spacial score (nSPS) is 10.3. The molecular weight excluding hydrogens is 353 g/mol. The van der Waals surface area contributed by atoms with Crippen LogP contribution in [0.4, 0.5) is 15.9 Å². The first kappa shape index (κ1) is 18.1. The molecule has 0 radical (unpaired) electrons. The van der Waals surface area contributed by atoms with Crippen LogP contribution in [0.3, 0.4) is 0 Å². The summed E-state index contributed by atoms with van der Waals surface area (Å²) in [6.45, 7) is -0.274. The molecule has 138 valence electrons. The maximum atomic E-state index is 13.8. The molecule has 0 fully saturated rings. The second-order valence-electron chi connectivity index (χ2n) is 5.44. The van der Waals surface area contributed by atoms with Gasteiger partial charge in [-0.1, -0.05) is 12.1 Å². The van der Waals surface area contributed by atoms with E-state index in [1.54, 1.807) is 30.3 Å². The number of furan rings is 1. The molecule has 8 heteroatoms. The van der Waals surface area contributed by atoms with E-state index < -0.39 is 24.3 Å². The van der Waals surface area contributed by atoms with Crippen LogP contribution in [0.25, 0.3) is 0 Å². The van der Waals surface area contributed by atoms with Crippen molar-refractivity contribution in [3.63, 3.8) is 0 Å². The summed E-state index contributed by atoms with van der Waals surface area (Å²) in [5, 5.41) is 5.32. The molecular formula is C19H16FN3O4. The summed E-state index contributed by atoms with van der Waals surface area (Å²) in [4.78, 5) is 28.1. The van der Waals surface area contributed by atoms with Crippen molar-refractivity contribution in [2.75, 3.05) is 11.9 Å². The average Bonchev–Trinajstić information content (AvgIpc) is 3.20. The van der Waals surface area contributed by atoms with Crippen molar-refractivity contribution in [1.82, 2.24) is 10.3 Å². The molecule has 0 aliphatic rings. The van der Waals surface area contributed by atoms with Gasteiger partial charge in [0.2, 0.25) is 0 Å². The fraction of sp³-hybridized carbons (Fsp3) is 0.105. The number of nitrogens with one attached hydrogen (secondary N) is 2. The molecule has 0 unspecified atom stereocenters. The van der Waals surface area contributed by atoms with Gasteiger partial charge in [0, 0.05) is 6.20 Å². The predicted octanol–water partition coefficient (Wildman–Crippen LogP) is 3.03. The van der Waals surface area contributed by atoms with Gasteiger partial charge in [-0.25, -0.2) is 14.2 Å². The smallest absolute Gasteiger partial charge is 0.342 e. The number of carbonyl (C=O) groups excluding carboxylic acids is 2. The number of benzene rings is 1. The molecule has 1 aromatic carbocycles. The third-order valence-electron chi connectivity index (χ3n) is 3.53. The molecule has 0 saturated heterocycles. The van der Waals surface area contributed by atoms with Crippen molar-refractivity contribution in [2.24, 2.45) is 0 Å². The Hall–Kier alpha value is -3.68. The van der Waals surface area contributed by atoms with Crippen LogP contribution in [0.1, 0.15) is 16.1 Å². The summed E-state index contributed by atoms with van der Waals surface area (Å²) in [7, 11) is 0. The highest BCUT2D eigenvalue weighted by atomic mass is 19.1. The number of amides is 1. The van der Waals surface area contributed by atoms with Gasteiger partial charge in [-0.2, -0.15) is 0 Å². The first-order chi connectivity index (χ1) is 13.1. The van der Waals surface area contributed by atoms with Gasteiger partial charge in [0.1, 0.15) is 23.0 Å². The molecule has 2 N–H and O–H groups in total. The van der Waals surface area contributed by atoms with E-state index in [-0.39, 0.29) is 23.6 Å². The Kier molecular flexibility index (Phi) is 5.78. The van der Waals surface area contributed by atoms with E-state index in [1.807, 2.05) is 0 Å². The average molecular weight is 369 g/mol. The number of halogens is 1. The van der Waals surface area contributed by atoms with Gasteiger partial charge < -0.3 is 19.8 Å². The van der Waals surface area contributed by atoms with Crippen LogP contribution in [0, 0.1) is 5.82 Å². The number of hydrogen-bond donors (Lipinski definition) is 2. The maximum absolute atomic E-state index is 13.8. The molecule has 0 saturated carbocycles. The van der Waals surface area contributed by atoms with Gasteiger partial charge in [0.15, 0.2) is 6.61 Å². The van der Waals surface area contributed by atoms with Gasteiger partial charge in [-0.15, -0.1) is 0 Å². The molecule has 3 aromatic rings. The van der Waals surface area contributed by atoms with Crippen LogP contribution in [0.2, 0.25) is 0 Å². The summed E-state index contributed by atoms with van der Waals surface area (Å²) in [5.74, 6) is -1.01. The summed E-state index contributed by atoms with van der Waals surface area (Å²) in [6, 6.07) is 12.4. The monoisotopic (exact) mass is 369 g/mol. The summed E-state index contributed by atoms with van der Waals surface area (Å²) < 4.78 is 23.9. The number of ether oxygens (including phenoxy) is 1. The number of nitrogens with zero attached hydrogens (tertiary/aromatic N) is 1. The van der Waals surface area contributed by atoms with Gasteiger partial charge in [-0.05, 0) is 36.4 Å². The Balaban J connectivity index is 1.60. The number of para-hydroxylation sites is 1. The SMILES string of the molecule is O=C(COC(=O)c1cccnc1Nc1ccccc1F)NCc1ccco1. The highest BCUT2D eigenvalue weighted by Crippen LogP contribution is 2.21. The molecule has 1 amide bonds. The summed E-state index contributed by atoms with van der Waals surface area (Å²) in [5.41, 5.74) is 0.251. The molecule has 3 rings (SSSR count). The number of carbonyl (C=O) groups is 2. The molecule has 0 aliphatic carbocycles. The number of pyridine rings is 1. The van der Waals surface area contributed by atoms with Crippen molar-refractivity contribution in [3.05, 3.63) is 78.1 Å². The lowest BCUT2D eigenvalue weighted by molar-refractivity contribution is -0.124. The Morgan fingerprint density at radius 2 is 1.96 bits per heavy atom. The first-order valence-electron chi connectivity index (χ1n) is 8.06. The minimum absolute atomic E-state index is 0.0830. The van der Waals surface area contributed by atoms with E-state index >= 15 is 0 Å². The Morgan fingerprint density at radius 1 is 1.11 bits per heavy atom. The number of esters is 1. The second-order valence-corrected chi connectivity index (χ2v) is 5.44. The number of aromatic nitrogens is 1. The largest absolute Gasteiger partial charge is 0.467 e. The van der Waals surface area contributed by atoms with Gasteiger partial charge in [0.25, 0.3) is 5.91 Å². The minimum Gasteiger partial charge on any atom is -0.467 e. The molecule has 27 heavy (non-hydrogen) atoms. The van der Waals surface area contributed by atoms with E-state index in [4.69, 9.17) is 9.15 Å². The third kappa shape index (κ3) is 4.91. The lowest BCUT2D eigenvalue weighted by Gasteiger charge is -2.11. The lowest BCUT2D eigenvalue weighted by atomic mass is 10.2. The fourth-order valence-electron chi connectivity index (χ4n) is 2.22. The standard InChI is InChI=1S/C19H16FN3O4/c20-15-7-1-2-8-16(15)23-18-14(6-3-9-21-18)19(25)27-12-17(24)22-11-13-5-4-10-26-13/h1-10H,11-12H2,(H,21,23)(H,22,24). The maximum Gasteiger partial charge on any atom is 0.342 e. The van der Waals surface area contributed by atoms with E-state index in [0.717, 1.165) is 0 Å². The quantitative estimate of drug-likeness (QED) is 0.622. The minimum atomic E-state index is -0.755.